The molecule has 1 heterocycles. The Morgan fingerprint density at radius 2 is 1.58 bits per heavy atom. The lowest BCUT2D eigenvalue weighted by Gasteiger charge is -2.07. The second kappa shape index (κ2) is 10.5. The van der Waals surface area contributed by atoms with Crippen LogP contribution in [0.5, 0.6) is 0 Å². The van der Waals surface area contributed by atoms with Crippen molar-refractivity contribution in [2.75, 3.05) is 10.6 Å². The summed E-state index contributed by atoms with van der Waals surface area (Å²) in [5.41, 5.74) is 1.46. The van der Waals surface area contributed by atoms with E-state index in [2.05, 4.69) is 15.6 Å². The second-order valence-electron chi connectivity index (χ2n) is 7.48. The third-order valence-corrected chi connectivity index (χ3v) is 8.11. The molecule has 4 aromatic rings. The largest absolute Gasteiger partial charge is 0.326 e. The molecular formula is C24H18N4O6S2. The highest BCUT2D eigenvalue weighted by atomic mass is 32.2. The van der Waals surface area contributed by atoms with Gasteiger partial charge in [0, 0.05) is 23.4 Å². The summed E-state index contributed by atoms with van der Waals surface area (Å²) in [4.78, 5) is 38.8. The van der Waals surface area contributed by atoms with Crippen LogP contribution in [0, 0.1) is 10.1 Å². The van der Waals surface area contributed by atoms with E-state index < -0.39 is 20.7 Å². The van der Waals surface area contributed by atoms with Crippen molar-refractivity contribution in [1.29, 1.82) is 0 Å². The molecule has 0 spiro atoms. The fraction of sp³-hybridized carbons (Fsp3) is 0.0417. The van der Waals surface area contributed by atoms with Gasteiger partial charge in [-0.25, -0.2) is 13.4 Å². The molecule has 4 rings (SSSR count). The van der Waals surface area contributed by atoms with E-state index in [4.69, 9.17) is 0 Å². The Bertz CT molecular complexity index is 1520. The zero-order valence-corrected chi connectivity index (χ0v) is 20.1. The number of anilines is 2. The minimum atomic E-state index is -3.96. The number of aromatic nitrogens is 1. The monoisotopic (exact) mass is 522 g/mol. The van der Waals surface area contributed by atoms with Crippen molar-refractivity contribution in [1.82, 2.24) is 4.98 Å². The normalized spacial score (nSPS) is 11.0. The fourth-order valence-electron chi connectivity index (χ4n) is 3.17. The predicted molar refractivity (Wildman–Crippen MR) is 134 cm³/mol. The molecular weight excluding hydrogens is 504 g/mol. The Morgan fingerprint density at radius 3 is 2.22 bits per heavy atom. The third kappa shape index (κ3) is 5.79. The average molecular weight is 523 g/mol. The van der Waals surface area contributed by atoms with Crippen molar-refractivity contribution in [2.45, 2.75) is 15.5 Å². The van der Waals surface area contributed by atoms with Gasteiger partial charge in [0.05, 0.1) is 22.4 Å². The van der Waals surface area contributed by atoms with E-state index in [1.807, 2.05) is 30.3 Å². The van der Waals surface area contributed by atoms with Crippen LogP contribution in [0.1, 0.15) is 15.9 Å². The van der Waals surface area contributed by atoms with E-state index >= 15 is 0 Å². The van der Waals surface area contributed by atoms with E-state index in [0.717, 1.165) is 47.4 Å². The number of nitro benzene ring substituents is 1. The lowest BCUT2D eigenvalue weighted by molar-refractivity contribution is -0.384. The molecule has 0 saturated heterocycles. The van der Waals surface area contributed by atoms with Crippen LogP contribution in [-0.4, -0.2) is 30.1 Å². The van der Waals surface area contributed by atoms with Gasteiger partial charge in [0.2, 0.25) is 15.7 Å². The van der Waals surface area contributed by atoms with Crippen LogP contribution in [-0.2, 0) is 21.1 Å². The van der Waals surface area contributed by atoms with Gasteiger partial charge in [-0.1, -0.05) is 41.7 Å². The molecule has 0 atom stereocenters. The molecule has 3 aromatic carbocycles. The quantitative estimate of drug-likeness (QED) is 0.259. The molecule has 0 unspecified atom stereocenters. The summed E-state index contributed by atoms with van der Waals surface area (Å²) in [6.07, 6.45) is 1.33. The first kappa shape index (κ1) is 24.7. The maximum absolute atomic E-state index is 12.8. The Kier molecular flexibility index (Phi) is 7.17. The molecule has 0 aliphatic rings. The summed E-state index contributed by atoms with van der Waals surface area (Å²) >= 11 is 0.759. The van der Waals surface area contributed by atoms with Crippen LogP contribution in [0.2, 0.25) is 0 Å². The van der Waals surface area contributed by atoms with Gasteiger partial charge in [0.15, 0.2) is 5.13 Å². The van der Waals surface area contributed by atoms with E-state index in [1.54, 1.807) is 12.1 Å². The summed E-state index contributed by atoms with van der Waals surface area (Å²) in [6.45, 7) is 0. The van der Waals surface area contributed by atoms with Crippen molar-refractivity contribution in [3.8, 4) is 0 Å². The van der Waals surface area contributed by atoms with Crippen molar-refractivity contribution in [3.63, 3.8) is 0 Å². The van der Waals surface area contributed by atoms with Gasteiger partial charge in [-0.05, 0) is 42.0 Å². The number of nitro groups is 1. The van der Waals surface area contributed by atoms with Crippen LogP contribution in [0.25, 0.3) is 0 Å². The highest BCUT2D eigenvalue weighted by Gasteiger charge is 2.22. The molecule has 0 radical (unpaired) electrons. The van der Waals surface area contributed by atoms with Crippen LogP contribution in [0.4, 0.5) is 16.5 Å². The van der Waals surface area contributed by atoms with Crippen molar-refractivity contribution in [2.24, 2.45) is 0 Å². The summed E-state index contributed by atoms with van der Waals surface area (Å²) < 4.78 is 25.4. The summed E-state index contributed by atoms with van der Waals surface area (Å²) in [5, 5.41) is 16.2. The average Bonchev–Trinajstić information content (AvgIpc) is 3.34. The molecule has 2 amide bonds. The number of benzene rings is 3. The van der Waals surface area contributed by atoms with Crippen molar-refractivity contribution >= 4 is 49.5 Å². The summed E-state index contributed by atoms with van der Waals surface area (Å²) in [6, 6.07) is 20.0. The fourth-order valence-corrected chi connectivity index (χ4v) is 5.59. The van der Waals surface area contributed by atoms with E-state index in [0.29, 0.717) is 5.69 Å². The van der Waals surface area contributed by atoms with E-state index in [9.17, 15) is 28.1 Å². The first-order valence-corrected chi connectivity index (χ1v) is 12.7. The van der Waals surface area contributed by atoms with Gasteiger partial charge in [-0.2, -0.15) is 0 Å². The van der Waals surface area contributed by atoms with Gasteiger partial charge >= 0.3 is 0 Å². The van der Waals surface area contributed by atoms with Gasteiger partial charge in [0.25, 0.3) is 11.6 Å². The van der Waals surface area contributed by atoms with Crippen molar-refractivity contribution in [3.05, 3.63) is 106 Å². The standard InChI is InChI=1S/C24H18N4O6S2/c29-21(14-16-4-2-1-3-5-16)26-18-8-6-17(7-9-18)23(30)27-24-25-15-22(35-24)36(33,34)20-12-10-19(11-13-20)28(31)32/h1-13,15H,14H2,(H,26,29)(H,25,27,30). The number of nitrogens with one attached hydrogen (secondary N) is 2. The topological polar surface area (TPSA) is 148 Å². The smallest absolute Gasteiger partial charge is 0.269 e. The third-order valence-electron chi connectivity index (χ3n) is 4.97. The first-order valence-electron chi connectivity index (χ1n) is 10.4. The molecule has 0 bridgehead atoms. The minimum absolute atomic E-state index is 0.0701. The number of hydrogen-bond acceptors (Lipinski definition) is 8. The SMILES string of the molecule is O=C(Cc1ccccc1)Nc1ccc(C(=O)Nc2ncc(S(=O)(=O)c3ccc([N+](=O)[O-])cc3)s2)cc1. The molecule has 2 N–H and O–H groups in total. The van der Waals surface area contributed by atoms with Crippen LogP contribution >= 0.6 is 11.3 Å². The predicted octanol–water partition coefficient (Wildman–Crippen LogP) is 4.32. The molecule has 182 valence electrons. The lowest BCUT2D eigenvalue weighted by Crippen LogP contribution is -2.15. The summed E-state index contributed by atoms with van der Waals surface area (Å²) in [5.74, 6) is -0.700. The molecule has 10 nitrogen and oxygen atoms in total. The Balaban J connectivity index is 1.38. The van der Waals surface area contributed by atoms with Gasteiger partial charge in [-0.15, -0.1) is 0 Å². The van der Waals surface area contributed by atoms with Gasteiger partial charge in [-0.3, -0.25) is 25.0 Å². The molecule has 36 heavy (non-hydrogen) atoms. The summed E-state index contributed by atoms with van der Waals surface area (Å²) in [7, 11) is -3.96. The van der Waals surface area contributed by atoms with E-state index in [-0.39, 0.29) is 37.8 Å². The van der Waals surface area contributed by atoms with Gasteiger partial charge < -0.3 is 5.32 Å². The Labute approximate surface area is 209 Å². The van der Waals surface area contributed by atoms with Crippen LogP contribution in [0.3, 0.4) is 0 Å². The maximum atomic E-state index is 12.8. The number of thiazole rings is 1. The maximum Gasteiger partial charge on any atom is 0.269 e. The molecule has 0 aliphatic heterocycles. The number of hydrogen-bond donors (Lipinski definition) is 2. The Hall–Kier alpha value is -4.42. The van der Waals surface area contributed by atoms with Gasteiger partial charge in [0.1, 0.15) is 4.21 Å². The molecule has 0 aliphatic carbocycles. The molecule has 1 aromatic heterocycles. The molecule has 0 saturated carbocycles. The number of rotatable bonds is 8. The van der Waals surface area contributed by atoms with Crippen molar-refractivity contribution < 1.29 is 22.9 Å². The second-order valence-corrected chi connectivity index (χ2v) is 10.7. The van der Waals surface area contributed by atoms with E-state index in [1.165, 1.54) is 12.1 Å². The highest BCUT2D eigenvalue weighted by molar-refractivity contribution is 7.93. The zero-order chi connectivity index (χ0) is 25.7. The molecule has 0 fully saturated rings. The number of amides is 2. The highest BCUT2D eigenvalue weighted by Crippen LogP contribution is 2.29. The minimum Gasteiger partial charge on any atom is -0.326 e. The zero-order valence-electron chi connectivity index (χ0n) is 18.5. The number of carbonyl (C=O) groups excluding carboxylic acids is 2. The number of non-ortho nitro benzene ring substituents is 1. The number of nitrogens with zero attached hydrogens (tertiary/aromatic N) is 2. The Morgan fingerprint density at radius 1 is 0.917 bits per heavy atom. The van der Waals surface area contributed by atoms with Crippen LogP contribution in [0.15, 0.2) is 94.2 Å². The number of sulfone groups is 1. The lowest BCUT2D eigenvalue weighted by atomic mass is 10.1. The molecule has 12 heteroatoms. The van der Waals surface area contributed by atoms with Crippen LogP contribution < -0.4 is 10.6 Å². The number of carbonyl (C=O) groups is 2. The first-order chi connectivity index (χ1) is 17.2.